The number of rotatable bonds is 11. The molecule has 0 fully saturated rings. The maximum atomic E-state index is 12.3. The molecule has 0 spiro atoms. The molecule has 10 heteroatoms. The Balaban J connectivity index is 5.16. The van der Waals surface area contributed by atoms with Gasteiger partial charge in [0.25, 0.3) is 0 Å². The van der Waals surface area contributed by atoms with Gasteiger partial charge in [0.1, 0.15) is 12.1 Å². The van der Waals surface area contributed by atoms with Gasteiger partial charge in [-0.25, -0.2) is 0 Å². The summed E-state index contributed by atoms with van der Waals surface area (Å²) in [7, 11) is 1.49. The number of amides is 3. The summed E-state index contributed by atoms with van der Waals surface area (Å²) in [6, 6.07) is -2.75. The Bertz CT molecular complexity index is 505. The van der Waals surface area contributed by atoms with Gasteiger partial charge in [-0.2, -0.15) is 0 Å². The minimum Gasteiger partial charge on any atom is -0.481 e. The lowest BCUT2D eigenvalue weighted by Crippen LogP contribution is -2.54. The van der Waals surface area contributed by atoms with Gasteiger partial charge in [0.2, 0.25) is 17.7 Å². The first-order valence-electron chi connectivity index (χ1n) is 7.84. The number of hydrogen-bond acceptors (Lipinski definition) is 5. The normalized spacial score (nSPS) is 12.6. The largest absolute Gasteiger partial charge is 0.481 e. The van der Waals surface area contributed by atoms with Crippen LogP contribution in [0.2, 0.25) is 0 Å². The molecule has 2 unspecified atom stereocenters. The number of hydrogen-bond donors (Lipinski definition) is 4. The molecule has 0 radical (unpaired) electrons. The van der Waals surface area contributed by atoms with Crippen LogP contribution < -0.4 is 10.6 Å². The van der Waals surface area contributed by atoms with Crippen molar-refractivity contribution < 1.29 is 34.2 Å². The number of unbranched alkanes of at least 4 members (excludes halogenated alkanes) is 1. The van der Waals surface area contributed by atoms with Gasteiger partial charge in [-0.3, -0.25) is 24.0 Å². The van der Waals surface area contributed by atoms with Crippen LogP contribution in [0, 0.1) is 0 Å². The number of nitrogens with one attached hydrogen (secondary N) is 2. The molecule has 0 rings (SSSR count). The molecule has 0 bridgehead atoms. The van der Waals surface area contributed by atoms with Crippen LogP contribution in [-0.4, -0.2) is 70.4 Å². The van der Waals surface area contributed by atoms with Crippen molar-refractivity contribution >= 4 is 29.7 Å². The van der Waals surface area contributed by atoms with E-state index in [4.69, 9.17) is 10.2 Å². The van der Waals surface area contributed by atoms with Crippen molar-refractivity contribution in [1.82, 2.24) is 15.5 Å². The maximum absolute atomic E-state index is 12.3. The average molecular weight is 359 g/mol. The summed E-state index contributed by atoms with van der Waals surface area (Å²) >= 11 is 0. The van der Waals surface area contributed by atoms with Crippen LogP contribution >= 0.6 is 0 Å². The Morgan fingerprint density at radius 1 is 0.960 bits per heavy atom. The van der Waals surface area contributed by atoms with E-state index >= 15 is 0 Å². The SMILES string of the molecule is CCCCN(C)C(=O)C(CC(=O)O)NC(=O)C(CC(=O)O)NC(C)=O. The highest BCUT2D eigenvalue weighted by atomic mass is 16.4. The zero-order valence-electron chi connectivity index (χ0n) is 14.6. The lowest BCUT2D eigenvalue weighted by Gasteiger charge is -2.25. The number of carbonyl (C=O) groups excluding carboxylic acids is 3. The van der Waals surface area contributed by atoms with Gasteiger partial charge in [0.15, 0.2) is 0 Å². The Morgan fingerprint density at radius 2 is 1.48 bits per heavy atom. The molecule has 0 aliphatic heterocycles. The van der Waals surface area contributed by atoms with Crippen LogP contribution in [0.25, 0.3) is 0 Å². The highest BCUT2D eigenvalue weighted by Gasteiger charge is 2.30. The van der Waals surface area contributed by atoms with Gasteiger partial charge in [-0.1, -0.05) is 13.3 Å². The van der Waals surface area contributed by atoms with Crippen LogP contribution in [-0.2, 0) is 24.0 Å². The lowest BCUT2D eigenvalue weighted by atomic mass is 10.1. The molecule has 2 atom stereocenters. The zero-order chi connectivity index (χ0) is 19.6. The molecule has 142 valence electrons. The molecule has 0 saturated carbocycles. The van der Waals surface area contributed by atoms with E-state index in [0.717, 1.165) is 13.3 Å². The van der Waals surface area contributed by atoms with E-state index in [-0.39, 0.29) is 0 Å². The van der Waals surface area contributed by atoms with E-state index in [1.807, 2.05) is 6.92 Å². The molecule has 25 heavy (non-hydrogen) atoms. The summed E-state index contributed by atoms with van der Waals surface area (Å²) < 4.78 is 0. The van der Waals surface area contributed by atoms with Crippen molar-refractivity contribution in [2.75, 3.05) is 13.6 Å². The fraction of sp³-hybridized carbons (Fsp3) is 0.667. The third-order valence-corrected chi connectivity index (χ3v) is 3.29. The van der Waals surface area contributed by atoms with E-state index in [9.17, 15) is 24.0 Å². The number of carboxylic acid groups (broad SMARTS) is 2. The summed E-state index contributed by atoms with van der Waals surface area (Å²) in [4.78, 5) is 58.7. The predicted molar refractivity (Wildman–Crippen MR) is 86.6 cm³/mol. The molecule has 4 N–H and O–H groups in total. The third-order valence-electron chi connectivity index (χ3n) is 3.29. The van der Waals surface area contributed by atoms with E-state index in [1.54, 1.807) is 0 Å². The monoisotopic (exact) mass is 359 g/mol. The second-order valence-corrected chi connectivity index (χ2v) is 5.62. The van der Waals surface area contributed by atoms with Gasteiger partial charge < -0.3 is 25.7 Å². The first kappa shape index (κ1) is 22.4. The van der Waals surface area contributed by atoms with E-state index in [1.165, 1.54) is 11.9 Å². The minimum absolute atomic E-state index is 0.394. The summed E-state index contributed by atoms with van der Waals surface area (Å²) in [5, 5.41) is 22.2. The van der Waals surface area contributed by atoms with E-state index in [0.29, 0.717) is 13.0 Å². The van der Waals surface area contributed by atoms with Gasteiger partial charge >= 0.3 is 11.9 Å². The van der Waals surface area contributed by atoms with Crippen LogP contribution in [0.4, 0.5) is 0 Å². The molecular weight excluding hydrogens is 334 g/mol. The van der Waals surface area contributed by atoms with Crippen LogP contribution in [0.15, 0.2) is 0 Å². The number of likely N-dealkylation sites (N-methyl/N-ethyl adjacent to an activating group) is 1. The number of nitrogens with zero attached hydrogens (tertiary/aromatic N) is 1. The van der Waals surface area contributed by atoms with Gasteiger partial charge in [0, 0.05) is 20.5 Å². The molecular formula is C15H25N3O7. The molecule has 0 aromatic heterocycles. The molecule has 0 aliphatic carbocycles. The number of aliphatic carboxylic acids is 2. The second-order valence-electron chi connectivity index (χ2n) is 5.62. The molecule has 0 aromatic rings. The molecule has 0 aliphatic rings. The first-order valence-corrected chi connectivity index (χ1v) is 7.84. The lowest BCUT2D eigenvalue weighted by molar-refractivity contribution is -0.144. The highest BCUT2D eigenvalue weighted by molar-refractivity contribution is 5.95. The molecule has 0 heterocycles. The van der Waals surface area contributed by atoms with Crippen molar-refractivity contribution in [2.45, 2.75) is 51.6 Å². The van der Waals surface area contributed by atoms with Crippen LogP contribution in [0.3, 0.4) is 0 Å². The van der Waals surface area contributed by atoms with Gasteiger partial charge in [0.05, 0.1) is 12.8 Å². The third kappa shape index (κ3) is 9.28. The fourth-order valence-electron chi connectivity index (χ4n) is 2.05. The molecule has 3 amide bonds. The van der Waals surface area contributed by atoms with Crippen molar-refractivity contribution in [1.29, 1.82) is 0 Å². The molecule has 10 nitrogen and oxygen atoms in total. The first-order chi connectivity index (χ1) is 11.6. The quantitative estimate of drug-likeness (QED) is 0.376. The highest BCUT2D eigenvalue weighted by Crippen LogP contribution is 2.03. The topological polar surface area (TPSA) is 153 Å². The minimum atomic E-state index is -1.40. The summed E-state index contributed by atoms with van der Waals surface area (Å²) in [6.07, 6.45) is 0.201. The van der Waals surface area contributed by atoms with Crippen molar-refractivity contribution in [3.05, 3.63) is 0 Å². The smallest absolute Gasteiger partial charge is 0.305 e. The van der Waals surface area contributed by atoms with Gasteiger partial charge in [-0.05, 0) is 6.42 Å². The second kappa shape index (κ2) is 11.0. The average Bonchev–Trinajstić information content (AvgIpc) is 2.49. The maximum Gasteiger partial charge on any atom is 0.305 e. The molecule has 0 aromatic carbocycles. The zero-order valence-corrected chi connectivity index (χ0v) is 14.6. The summed E-state index contributed by atoms with van der Waals surface area (Å²) in [6.45, 7) is 3.44. The Labute approximate surface area is 145 Å². The summed E-state index contributed by atoms with van der Waals surface area (Å²) in [5.74, 6) is -4.77. The Kier molecular flexibility index (Phi) is 9.83. The van der Waals surface area contributed by atoms with Crippen LogP contribution in [0.1, 0.15) is 39.5 Å². The number of carbonyl (C=O) groups is 5. The number of carboxylic acids is 2. The van der Waals surface area contributed by atoms with Gasteiger partial charge in [-0.15, -0.1) is 0 Å². The predicted octanol–water partition coefficient (Wildman–Crippen LogP) is -0.816. The van der Waals surface area contributed by atoms with Crippen molar-refractivity contribution in [2.24, 2.45) is 0 Å². The fourth-order valence-corrected chi connectivity index (χ4v) is 2.05. The Morgan fingerprint density at radius 3 is 1.92 bits per heavy atom. The van der Waals surface area contributed by atoms with E-state index in [2.05, 4.69) is 10.6 Å². The Hall–Kier alpha value is -2.65. The van der Waals surface area contributed by atoms with Crippen molar-refractivity contribution in [3.63, 3.8) is 0 Å². The summed E-state index contributed by atoms with van der Waals surface area (Å²) in [5.41, 5.74) is 0. The molecule has 0 saturated heterocycles. The van der Waals surface area contributed by atoms with E-state index < -0.39 is 54.6 Å². The van der Waals surface area contributed by atoms with Crippen molar-refractivity contribution in [3.8, 4) is 0 Å². The van der Waals surface area contributed by atoms with Crippen LogP contribution in [0.5, 0.6) is 0 Å². The standard InChI is InChI=1S/C15H25N3O7/c1-4-5-6-18(3)15(25)11(8-13(22)23)17-14(24)10(7-12(20)21)16-9(2)19/h10-11H,4-8H2,1-3H3,(H,16,19)(H,17,24)(H,20,21)(H,22,23).